The number of fused-ring (bicyclic) bond motifs is 1. The van der Waals surface area contributed by atoms with E-state index in [2.05, 4.69) is 22.4 Å². The summed E-state index contributed by atoms with van der Waals surface area (Å²) < 4.78 is 0. The van der Waals surface area contributed by atoms with E-state index < -0.39 is 0 Å². The number of benzene rings is 2. The highest BCUT2D eigenvalue weighted by Crippen LogP contribution is 2.15. The summed E-state index contributed by atoms with van der Waals surface area (Å²) in [5.41, 5.74) is 2.95. The van der Waals surface area contributed by atoms with Crippen molar-refractivity contribution in [1.29, 1.82) is 0 Å². The number of piperidine rings is 1. The van der Waals surface area contributed by atoms with Crippen molar-refractivity contribution in [2.75, 3.05) is 13.1 Å². The van der Waals surface area contributed by atoms with Crippen LogP contribution in [0, 0.1) is 0 Å². The number of H-pyrrole nitrogens is 1. The highest BCUT2D eigenvalue weighted by Gasteiger charge is 2.24. The zero-order chi connectivity index (χ0) is 17.9. The second-order valence-corrected chi connectivity index (χ2v) is 7.51. The number of carbonyl (C=O) groups excluding carboxylic acids is 1. The summed E-state index contributed by atoms with van der Waals surface area (Å²) in [6.07, 6.45) is 2.02. The number of aromatic nitrogens is 1. The average Bonchev–Trinajstić information content (AvgIpc) is 3.10. The molecule has 0 saturated carbocycles. The van der Waals surface area contributed by atoms with Crippen LogP contribution in [0.4, 0.5) is 0 Å². The molecule has 4 rings (SSSR count). The van der Waals surface area contributed by atoms with Crippen molar-refractivity contribution in [3.8, 4) is 0 Å². The second kappa shape index (κ2) is 7.52. The average molecular weight is 369 g/mol. The summed E-state index contributed by atoms with van der Waals surface area (Å²) in [5, 5.41) is 5.04. The third kappa shape index (κ3) is 3.92. The number of hydrogen-bond acceptors (Lipinski definition) is 1. The topological polar surface area (TPSA) is 49.3 Å². The van der Waals surface area contributed by atoms with Gasteiger partial charge in [0.1, 0.15) is 12.2 Å². The quantitative estimate of drug-likeness (QED) is 0.651. The summed E-state index contributed by atoms with van der Waals surface area (Å²) in [5.74, 6) is -0.00708. The van der Waals surface area contributed by atoms with Crippen molar-refractivity contribution in [3.05, 3.63) is 70.9 Å². The van der Waals surface area contributed by atoms with Gasteiger partial charge in [-0.3, -0.25) is 4.79 Å². The highest BCUT2D eigenvalue weighted by atomic mass is 35.5. The molecule has 1 saturated heterocycles. The SMILES string of the molecule is O=C(NC1CC[NH+](Cc2ccc(Cl)cc2)CC1)c1cc2ccccc2[nH]1. The number of para-hydroxylation sites is 1. The molecule has 3 N–H and O–H groups in total. The van der Waals surface area contributed by atoms with E-state index >= 15 is 0 Å². The van der Waals surface area contributed by atoms with Gasteiger partial charge in [-0.25, -0.2) is 0 Å². The Balaban J connectivity index is 1.30. The first-order valence-corrected chi connectivity index (χ1v) is 9.52. The van der Waals surface area contributed by atoms with Crippen molar-refractivity contribution < 1.29 is 9.69 Å². The maximum absolute atomic E-state index is 12.5. The lowest BCUT2D eigenvalue weighted by Crippen LogP contribution is -3.12. The number of hydrogen-bond donors (Lipinski definition) is 3. The van der Waals surface area contributed by atoms with Gasteiger partial charge >= 0.3 is 0 Å². The Hall–Kier alpha value is -2.30. The van der Waals surface area contributed by atoms with Crippen LogP contribution in [0.15, 0.2) is 54.6 Å². The molecule has 4 nitrogen and oxygen atoms in total. The molecule has 0 unspecified atom stereocenters. The summed E-state index contributed by atoms with van der Waals surface area (Å²) in [6.45, 7) is 3.15. The first-order valence-electron chi connectivity index (χ1n) is 9.14. The Morgan fingerprint density at radius 3 is 2.58 bits per heavy atom. The Morgan fingerprint density at radius 1 is 1.12 bits per heavy atom. The van der Waals surface area contributed by atoms with E-state index in [0.717, 1.165) is 48.4 Å². The minimum Gasteiger partial charge on any atom is -0.351 e. The second-order valence-electron chi connectivity index (χ2n) is 7.07. The first kappa shape index (κ1) is 17.1. The number of amides is 1. The molecule has 0 radical (unpaired) electrons. The zero-order valence-corrected chi connectivity index (χ0v) is 15.4. The van der Waals surface area contributed by atoms with E-state index in [1.807, 2.05) is 42.5 Å². The molecule has 0 spiro atoms. The van der Waals surface area contributed by atoms with Gasteiger partial charge in [-0.2, -0.15) is 0 Å². The van der Waals surface area contributed by atoms with Gasteiger partial charge in [0.25, 0.3) is 5.91 Å². The maximum atomic E-state index is 12.5. The zero-order valence-electron chi connectivity index (χ0n) is 14.6. The molecular formula is C21H23ClN3O+. The molecule has 134 valence electrons. The van der Waals surface area contributed by atoms with Crippen LogP contribution in [0.2, 0.25) is 5.02 Å². The van der Waals surface area contributed by atoms with Crippen LogP contribution in [0.3, 0.4) is 0 Å². The highest BCUT2D eigenvalue weighted by molar-refractivity contribution is 6.30. The number of nitrogens with one attached hydrogen (secondary N) is 3. The molecule has 0 atom stereocenters. The molecule has 26 heavy (non-hydrogen) atoms. The van der Waals surface area contributed by atoms with Crippen LogP contribution in [-0.2, 0) is 6.54 Å². The Bertz CT molecular complexity index is 862. The van der Waals surface area contributed by atoms with Gasteiger partial charge < -0.3 is 15.2 Å². The van der Waals surface area contributed by atoms with E-state index in [-0.39, 0.29) is 11.9 Å². The largest absolute Gasteiger partial charge is 0.351 e. The summed E-state index contributed by atoms with van der Waals surface area (Å²) in [4.78, 5) is 17.3. The number of rotatable bonds is 4. The molecule has 0 bridgehead atoms. The number of quaternary nitrogens is 1. The van der Waals surface area contributed by atoms with Crippen LogP contribution in [0.5, 0.6) is 0 Å². The standard InChI is InChI=1S/C21H22ClN3O/c22-17-7-5-15(6-8-17)14-25-11-9-18(10-12-25)23-21(26)20-13-16-3-1-2-4-19(16)24-20/h1-8,13,18,24H,9-12,14H2,(H,23,26)/p+1. The predicted molar refractivity (Wildman–Crippen MR) is 105 cm³/mol. The maximum Gasteiger partial charge on any atom is 0.267 e. The van der Waals surface area contributed by atoms with Gasteiger partial charge in [0, 0.05) is 40.4 Å². The number of halogens is 1. The summed E-state index contributed by atoms with van der Waals surface area (Å²) in [6, 6.07) is 18.2. The van der Waals surface area contributed by atoms with Gasteiger partial charge in [0.2, 0.25) is 0 Å². The summed E-state index contributed by atoms with van der Waals surface area (Å²) >= 11 is 5.95. The van der Waals surface area contributed by atoms with E-state index in [1.165, 1.54) is 5.56 Å². The molecule has 5 heteroatoms. The molecule has 1 aliphatic rings. The molecule has 0 aliphatic carbocycles. The Labute approximate surface area is 158 Å². The van der Waals surface area contributed by atoms with Gasteiger partial charge in [-0.15, -0.1) is 0 Å². The Morgan fingerprint density at radius 2 is 1.85 bits per heavy atom. The monoisotopic (exact) mass is 368 g/mol. The van der Waals surface area contributed by atoms with Gasteiger partial charge in [0.15, 0.2) is 0 Å². The number of carbonyl (C=O) groups is 1. The lowest BCUT2D eigenvalue weighted by atomic mass is 10.0. The minimum atomic E-state index is -0.00708. The van der Waals surface area contributed by atoms with Gasteiger partial charge in [-0.1, -0.05) is 41.9 Å². The van der Waals surface area contributed by atoms with Crippen molar-refractivity contribution in [2.45, 2.75) is 25.4 Å². The third-order valence-electron chi connectivity index (χ3n) is 5.17. The number of aromatic amines is 1. The van der Waals surface area contributed by atoms with Gasteiger partial charge in [-0.05, 0) is 24.3 Å². The molecule has 1 aromatic heterocycles. The molecule has 1 aliphatic heterocycles. The van der Waals surface area contributed by atoms with Crippen LogP contribution < -0.4 is 10.2 Å². The van der Waals surface area contributed by atoms with E-state index in [9.17, 15) is 4.79 Å². The summed E-state index contributed by atoms with van der Waals surface area (Å²) in [7, 11) is 0. The minimum absolute atomic E-state index is 0.00708. The first-order chi connectivity index (χ1) is 12.7. The number of likely N-dealkylation sites (tertiary alicyclic amines) is 1. The fourth-order valence-electron chi connectivity index (χ4n) is 3.70. The third-order valence-corrected chi connectivity index (χ3v) is 5.42. The van der Waals surface area contributed by atoms with E-state index in [0.29, 0.717) is 5.69 Å². The Kier molecular flexibility index (Phi) is 4.96. The van der Waals surface area contributed by atoms with Gasteiger partial charge in [0.05, 0.1) is 13.1 Å². The van der Waals surface area contributed by atoms with Crippen molar-refractivity contribution in [3.63, 3.8) is 0 Å². The molecule has 1 amide bonds. The van der Waals surface area contributed by atoms with E-state index in [4.69, 9.17) is 11.6 Å². The molecule has 2 aromatic carbocycles. The van der Waals surface area contributed by atoms with Crippen molar-refractivity contribution in [2.24, 2.45) is 0 Å². The van der Waals surface area contributed by atoms with Crippen molar-refractivity contribution >= 4 is 28.4 Å². The van der Waals surface area contributed by atoms with Crippen LogP contribution in [0.1, 0.15) is 28.9 Å². The van der Waals surface area contributed by atoms with Crippen LogP contribution in [0.25, 0.3) is 10.9 Å². The van der Waals surface area contributed by atoms with E-state index in [1.54, 1.807) is 4.90 Å². The lowest BCUT2D eigenvalue weighted by Gasteiger charge is -2.29. The molecular weight excluding hydrogens is 346 g/mol. The van der Waals surface area contributed by atoms with Crippen molar-refractivity contribution in [1.82, 2.24) is 10.3 Å². The molecule has 3 aromatic rings. The van der Waals surface area contributed by atoms with Crippen LogP contribution in [-0.4, -0.2) is 30.0 Å². The molecule has 1 fully saturated rings. The normalized spacial score (nSPS) is 20.2. The fourth-order valence-corrected chi connectivity index (χ4v) is 3.82. The molecule has 2 heterocycles. The fraction of sp³-hybridized carbons (Fsp3) is 0.286. The smallest absolute Gasteiger partial charge is 0.267 e. The van der Waals surface area contributed by atoms with Crippen LogP contribution >= 0.6 is 11.6 Å². The lowest BCUT2D eigenvalue weighted by molar-refractivity contribution is -0.918. The predicted octanol–water partition coefficient (Wildman–Crippen LogP) is 2.80.